The van der Waals surface area contributed by atoms with Crippen LogP contribution in [0.5, 0.6) is 0 Å². The molecule has 8 nitrogen and oxygen atoms in total. The van der Waals surface area contributed by atoms with E-state index in [1.54, 1.807) is 0 Å². The number of hydrogen-bond donors (Lipinski definition) is 3. The van der Waals surface area contributed by atoms with Crippen molar-refractivity contribution in [3.63, 3.8) is 0 Å². The van der Waals surface area contributed by atoms with Crippen molar-refractivity contribution in [2.45, 2.75) is 32.6 Å². The molecule has 0 radical (unpaired) electrons. The summed E-state index contributed by atoms with van der Waals surface area (Å²) < 4.78 is 4.74. The van der Waals surface area contributed by atoms with Gasteiger partial charge in [-0.05, 0) is 6.42 Å². The fourth-order valence-corrected chi connectivity index (χ4v) is 0.924. The van der Waals surface area contributed by atoms with Crippen LogP contribution in [-0.2, 0) is 23.9 Å². The topological polar surface area (TPSA) is 138 Å². The second-order valence-corrected chi connectivity index (χ2v) is 4.14. The van der Waals surface area contributed by atoms with E-state index in [-0.39, 0.29) is 17.6 Å². The number of carbonyl (C=O) groups excluding carboxylic acids is 1. The maximum Gasteiger partial charge on any atom is 0.333 e. The number of ether oxygens (including phenoxy) is 1. The Morgan fingerprint density at radius 2 is 1.36 bits per heavy atom. The molecule has 0 rings (SSSR count). The molecular formula is C14H20O8. The zero-order valence-corrected chi connectivity index (χ0v) is 12.3. The molecule has 0 spiro atoms. The molecule has 22 heavy (non-hydrogen) atoms. The fraction of sp³-hybridized carbons (Fsp3) is 0.429. The zero-order valence-electron chi connectivity index (χ0n) is 12.3. The minimum atomic E-state index is -1.27. The minimum absolute atomic E-state index is 0.0106. The lowest BCUT2D eigenvalue weighted by Crippen LogP contribution is -2.11. The lowest BCUT2D eigenvalue weighted by Gasteiger charge is -2.03. The normalized spacial score (nSPS) is 8.95. The molecule has 0 unspecified atom stereocenters. The van der Waals surface area contributed by atoms with E-state index in [1.807, 2.05) is 6.92 Å². The van der Waals surface area contributed by atoms with E-state index in [2.05, 4.69) is 13.2 Å². The smallest absolute Gasteiger partial charge is 0.333 e. The minimum Gasteiger partial charge on any atom is -0.481 e. The first-order valence-corrected chi connectivity index (χ1v) is 6.31. The van der Waals surface area contributed by atoms with E-state index >= 15 is 0 Å². The van der Waals surface area contributed by atoms with Gasteiger partial charge in [-0.3, -0.25) is 9.59 Å². The van der Waals surface area contributed by atoms with Crippen LogP contribution in [0.1, 0.15) is 32.6 Å². The molecule has 0 bridgehead atoms. The monoisotopic (exact) mass is 316 g/mol. The average molecular weight is 316 g/mol. The van der Waals surface area contributed by atoms with E-state index < -0.39 is 30.3 Å². The molecule has 0 fully saturated rings. The van der Waals surface area contributed by atoms with Gasteiger partial charge in [0, 0.05) is 11.1 Å². The standard InChI is InChI=1S/C9H14O4.C5H6O4/c1-3-4-5-13-9(12)7(2)6-8(10)11;1-3(5(8)9)2-4(6)7/h2-6H2,1H3,(H,10,11);1-2H2,(H,6,7)(H,8,9). The number of unbranched alkanes of at least 4 members (excludes halogenated alkanes) is 1. The number of esters is 1. The largest absolute Gasteiger partial charge is 0.481 e. The van der Waals surface area contributed by atoms with Crippen molar-refractivity contribution in [2.24, 2.45) is 0 Å². The third-order valence-corrected chi connectivity index (χ3v) is 2.05. The van der Waals surface area contributed by atoms with Gasteiger partial charge in [0.2, 0.25) is 0 Å². The van der Waals surface area contributed by atoms with E-state index in [1.165, 1.54) is 0 Å². The van der Waals surface area contributed by atoms with Crippen LogP contribution < -0.4 is 0 Å². The second-order valence-electron chi connectivity index (χ2n) is 4.14. The van der Waals surface area contributed by atoms with Gasteiger partial charge in [0.15, 0.2) is 0 Å². The van der Waals surface area contributed by atoms with Crippen LogP contribution in [0.4, 0.5) is 0 Å². The SMILES string of the molecule is C=C(CC(=O)O)C(=O)O.C=C(CC(=O)O)C(=O)OCCCC. The second kappa shape index (κ2) is 12.1. The molecule has 0 aromatic rings. The van der Waals surface area contributed by atoms with Crippen molar-refractivity contribution in [3.8, 4) is 0 Å². The molecule has 0 saturated carbocycles. The molecule has 0 heterocycles. The van der Waals surface area contributed by atoms with Gasteiger partial charge >= 0.3 is 23.9 Å². The summed E-state index contributed by atoms with van der Waals surface area (Å²) in [5, 5.41) is 24.4. The summed E-state index contributed by atoms with van der Waals surface area (Å²) in [6.45, 7) is 8.63. The van der Waals surface area contributed by atoms with Gasteiger partial charge in [-0.25, -0.2) is 9.59 Å². The van der Waals surface area contributed by atoms with Gasteiger partial charge in [0.05, 0.1) is 19.4 Å². The number of hydrogen-bond acceptors (Lipinski definition) is 5. The van der Waals surface area contributed by atoms with Crippen LogP contribution in [-0.4, -0.2) is 45.8 Å². The Morgan fingerprint density at radius 1 is 0.909 bits per heavy atom. The van der Waals surface area contributed by atoms with Gasteiger partial charge in [0.25, 0.3) is 0 Å². The maximum absolute atomic E-state index is 11.0. The predicted octanol–water partition coefficient (Wildman–Crippen LogP) is 1.46. The van der Waals surface area contributed by atoms with Crippen molar-refractivity contribution in [2.75, 3.05) is 6.61 Å². The van der Waals surface area contributed by atoms with Crippen LogP contribution in [0.25, 0.3) is 0 Å². The summed E-state index contributed by atoms with van der Waals surface area (Å²) >= 11 is 0. The van der Waals surface area contributed by atoms with Gasteiger partial charge in [-0.15, -0.1) is 0 Å². The highest BCUT2D eigenvalue weighted by atomic mass is 16.5. The van der Waals surface area contributed by atoms with Crippen LogP contribution in [0.15, 0.2) is 24.3 Å². The Kier molecular flexibility index (Phi) is 11.9. The molecule has 0 amide bonds. The van der Waals surface area contributed by atoms with Gasteiger partial charge in [-0.2, -0.15) is 0 Å². The molecule has 0 aliphatic carbocycles. The zero-order chi connectivity index (χ0) is 17.7. The lowest BCUT2D eigenvalue weighted by atomic mass is 10.2. The molecule has 0 aliphatic heterocycles. The molecule has 8 heteroatoms. The Bertz CT molecular complexity index is 450. The first-order chi connectivity index (χ1) is 10.1. The molecule has 0 atom stereocenters. The number of carbonyl (C=O) groups is 4. The molecule has 0 aromatic heterocycles. The van der Waals surface area contributed by atoms with Crippen LogP contribution in [0, 0.1) is 0 Å². The Labute approximate surface area is 127 Å². The quantitative estimate of drug-likeness (QED) is 0.330. The first-order valence-electron chi connectivity index (χ1n) is 6.31. The lowest BCUT2D eigenvalue weighted by molar-refractivity contribution is -0.142. The molecule has 124 valence electrons. The summed E-state index contributed by atoms with van der Waals surface area (Å²) in [7, 11) is 0. The summed E-state index contributed by atoms with van der Waals surface area (Å²) in [4.78, 5) is 40.8. The number of rotatable bonds is 9. The maximum atomic E-state index is 11.0. The van der Waals surface area contributed by atoms with E-state index in [0.29, 0.717) is 6.61 Å². The summed E-state index contributed by atoms with van der Waals surface area (Å²) in [5.74, 6) is -4.13. The van der Waals surface area contributed by atoms with Crippen molar-refractivity contribution in [1.82, 2.24) is 0 Å². The highest BCUT2D eigenvalue weighted by Gasteiger charge is 2.11. The highest BCUT2D eigenvalue weighted by Crippen LogP contribution is 2.01. The molecule has 0 saturated heterocycles. The van der Waals surface area contributed by atoms with Gasteiger partial charge in [0.1, 0.15) is 0 Å². The Morgan fingerprint density at radius 3 is 1.68 bits per heavy atom. The van der Waals surface area contributed by atoms with Crippen LogP contribution in [0.3, 0.4) is 0 Å². The molecular weight excluding hydrogens is 296 g/mol. The van der Waals surface area contributed by atoms with E-state index in [9.17, 15) is 19.2 Å². The Balaban J connectivity index is 0. The third-order valence-electron chi connectivity index (χ3n) is 2.05. The van der Waals surface area contributed by atoms with Crippen molar-refractivity contribution in [1.29, 1.82) is 0 Å². The number of aliphatic carboxylic acids is 3. The van der Waals surface area contributed by atoms with Crippen molar-refractivity contribution < 1.29 is 39.2 Å². The summed E-state index contributed by atoms with van der Waals surface area (Å²) in [5.41, 5.74) is -0.314. The van der Waals surface area contributed by atoms with Crippen molar-refractivity contribution in [3.05, 3.63) is 24.3 Å². The Hall–Kier alpha value is -2.64. The summed E-state index contributed by atoms with van der Waals surface area (Å²) in [6, 6.07) is 0. The van der Waals surface area contributed by atoms with E-state index in [4.69, 9.17) is 20.1 Å². The van der Waals surface area contributed by atoms with Crippen LogP contribution >= 0.6 is 0 Å². The molecule has 0 aromatic carbocycles. The fourth-order valence-electron chi connectivity index (χ4n) is 0.924. The molecule has 0 aliphatic rings. The molecule has 3 N–H and O–H groups in total. The van der Waals surface area contributed by atoms with Gasteiger partial charge < -0.3 is 20.1 Å². The van der Waals surface area contributed by atoms with Crippen molar-refractivity contribution >= 4 is 23.9 Å². The first kappa shape index (κ1) is 21.7. The van der Waals surface area contributed by atoms with E-state index in [0.717, 1.165) is 12.8 Å². The highest BCUT2D eigenvalue weighted by molar-refractivity contribution is 5.92. The van der Waals surface area contributed by atoms with Gasteiger partial charge in [-0.1, -0.05) is 26.5 Å². The van der Waals surface area contributed by atoms with Crippen LogP contribution in [0.2, 0.25) is 0 Å². The third kappa shape index (κ3) is 13.8. The summed E-state index contributed by atoms with van der Waals surface area (Å²) in [6.07, 6.45) is 0.852. The number of carboxylic acid groups (broad SMARTS) is 3. The predicted molar refractivity (Wildman–Crippen MR) is 76.3 cm³/mol. The average Bonchev–Trinajstić information content (AvgIpc) is 2.37. The number of carboxylic acids is 3.